The maximum atomic E-state index is 12.2. The third kappa shape index (κ3) is 2.90. The first-order valence-electron chi connectivity index (χ1n) is 8.22. The summed E-state index contributed by atoms with van der Waals surface area (Å²) in [6.07, 6.45) is 4.64. The molecule has 3 heterocycles. The third-order valence-electron chi connectivity index (χ3n) is 4.41. The normalized spacial score (nSPS) is 17.8. The van der Waals surface area contributed by atoms with Crippen LogP contribution in [-0.2, 0) is 11.3 Å². The molecule has 1 amide bonds. The van der Waals surface area contributed by atoms with Crippen molar-refractivity contribution in [2.75, 3.05) is 11.4 Å². The highest BCUT2D eigenvalue weighted by molar-refractivity contribution is 5.96. The lowest BCUT2D eigenvalue weighted by Gasteiger charge is -2.16. The van der Waals surface area contributed by atoms with E-state index in [4.69, 9.17) is 0 Å². The van der Waals surface area contributed by atoms with Gasteiger partial charge in [-0.05, 0) is 30.7 Å². The zero-order chi connectivity index (χ0) is 16.5. The fourth-order valence-electron chi connectivity index (χ4n) is 3.19. The zero-order valence-electron chi connectivity index (χ0n) is 13.6. The minimum absolute atomic E-state index is 0.157. The first kappa shape index (κ1) is 14.9. The van der Waals surface area contributed by atoms with Crippen molar-refractivity contribution in [3.05, 3.63) is 66.1 Å². The minimum Gasteiger partial charge on any atom is -0.311 e. The molecule has 0 saturated carbocycles. The third-order valence-corrected chi connectivity index (χ3v) is 4.41. The van der Waals surface area contributed by atoms with E-state index < -0.39 is 0 Å². The van der Waals surface area contributed by atoms with Crippen LogP contribution in [0.15, 0.2) is 54.9 Å². The molecule has 1 aromatic carbocycles. The van der Waals surface area contributed by atoms with Crippen LogP contribution >= 0.6 is 0 Å². The molecule has 5 heteroatoms. The summed E-state index contributed by atoms with van der Waals surface area (Å²) >= 11 is 0. The van der Waals surface area contributed by atoms with Gasteiger partial charge in [0.25, 0.3) is 0 Å². The lowest BCUT2D eigenvalue weighted by Crippen LogP contribution is -2.32. The molecular weight excluding hydrogens is 300 g/mol. The second kappa shape index (κ2) is 6.09. The number of rotatable bonds is 4. The molecule has 1 aliphatic heterocycles. The number of nitrogens with one attached hydrogen (secondary N) is 1. The number of carbonyl (C=O) groups excluding carboxylic acids is 1. The average molecular weight is 320 g/mol. The van der Waals surface area contributed by atoms with Gasteiger partial charge in [-0.2, -0.15) is 0 Å². The van der Waals surface area contributed by atoms with Crippen molar-refractivity contribution in [1.29, 1.82) is 0 Å². The number of imidazole rings is 1. The Morgan fingerprint density at radius 1 is 1.17 bits per heavy atom. The number of carbonyl (C=O) groups is 1. The van der Waals surface area contributed by atoms with Crippen molar-refractivity contribution >= 4 is 17.2 Å². The van der Waals surface area contributed by atoms with Crippen LogP contribution in [0.1, 0.15) is 17.7 Å². The van der Waals surface area contributed by atoms with E-state index in [0.29, 0.717) is 19.5 Å². The van der Waals surface area contributed by atoms with Gasteiger partial charge >= 0.3 is 0 Å². The number of hydrogen-bond donors (Lipinski definition) is 1. The molecule has 122 valence electrons. The lowest BCUT2D eigenvalue weighted by molar-refractivity contribution is -0.117. The fourth-order valence-corrected chi connectivity index (χ4v) is 3.19. The molecule has 5 nitrogen and oxygen atoms in total. The summed E-state index contributed by atoms with van der Waals surface area (Å²) in [5, 5.41) is 3.47. The van der Waals surface area contributed by atoms with E-state index in [9.17, 15) is 4.79 Å². The van der Waals surface area contributed by atoms with Crippen LogP contribution in [0.2, 0.25) is 0 Å². The van der Waals surface area contributed by atoms with Gasteiger partial charge in [-0.3, -0.25) is 4.79 Å². The number of amides is 1. The Balaban J connectivity index is 1.41. The molecule has 0 bridgehead atoms. The Hall–Kier alpha value is -2.66. The Morgan fingerprint density at radius 2 is 2.00 bits per heavy atom. The first-order valence-corrected chi connectivity index (χ1v) is 8.22. The van der Waals surface area contributed by atoms with Gasteiger partial charge in [0.2, 0.25) is 5.91 Å². The van der Waals surface area contributed by atoms with E-state index in [0.717, 1.165) is 17.0 Å². The lowest BCUT2D eigenvalue weighted by atomic mass is 10.2. The minimum atomic E-state index is 0.157. The van der Waals surface area contributed by atoms with E-state index >= 15 is 0 Å². The van der Waals surface area contributed by atoms with Crippen LogP contribution in [0.4, 0.5) is 5.69 Å². The van der Waals surface area contributed by atoms with E-state index in [1.807, 2.05) is 51.9 Å². The molecule has 1 atom stereocenters. The predicted molar refractivity (Wildman–Crippen MR) is 94.0 cm³/mol. The fraction of sp³-hybridized carbons (Fsp3) is 0.263. The standard InChI is InChI=1S/C19H20N4O/c1-14-7-8-18-21-16(12-22(18)11-14)10-20-15-9-19(24)23(13-15)17-5-3-2-4-6-17/h2-8,11-12,15,20H,9-10,13H2,1H3/t15-/m0/s1. The summed E-state index contributed by atoms with van der Waals surface area (Å²) in [5.74, 6) is 0.171. The van der Waals surface area contributed by atoms with Crippen molar-refractivity contribution in [3.63, 3.8) is 0 Å². The highest BCUT2D eigenvalue weighted by atomic mass is 16.2. The Bertz CT molecular complexity index is 871. The number of anilines is 1. The van der Waals surface area contributed by atoms with Gasteiger partial charge in [0.05, 0.1) is 5.69 Å². The molecule has 1 N–H and O–H groups in total. The van der Waals surface area contributed by atoms with Crippen molar-refractivity contribution in [2.24, 2.45) is 0 Å². The summed E-state index contributed by atoms with van der Waals surface area (Å²) in [5.41, 5.74) is 4.12. The first-order chi connectivity index (χ1) is 11.7. The van der Waals surface area contributed by atoms with E-state index in [2.05, 4.69) is 29.5 Å². The molecular formula is C19H20N4O. The van der Waals surface area contributed by atoms with Crippen LogP contribution in [0.3, 0.4) is 0 Å². The van der Waals surface area contributed by atoms with Crippen molar-refractivity contribution < 1.29 is 4.79 Å². The maximum absolute atomic E-state index is 12.2. The molecule has 0 unspecified atom stereocenters. The molecule has 2 aromatic heterocycles. The number of fused-ring (bicyclic) bond motifs is 1. The average Bonchev–Trinajstić information content (AvgIpc) is 3.16. The van der Waals surface area contributed by atoms with E-state index in [-0.39, 0.29) is 11.9 Å². The molecule has 1 saturated heterocycles. The van der Waals surface area contributed by atoms with Crippen LogP contribution in [0.25, 0.3) is 5.65 Å². The molecule has 1 aliphatic rings. The quantitative estimate of drug-likeness (QED) is 0.804. The van der Waals surface area contributed by atoms with Gasteiger partial charge in [0.1, 0.15) is 5.65 Å². The Labute approximate surface area is 140 Å². The topological polar surface area (TPSA) is 49.6 Å². The summed E-state index contributed by atoms with van der Waals surface area (Å²) in [6.45, 7) is 3.44. The molecule has 4 rings (SSSR count). The molecule has 0 radical (unpaired) electrons. The van der Waals surface area contributed by atoms with Crippen LogP contribution in [-0.4, -0.2) is 27.9 Å². The highest BCUT2D eigenvalue weighted by Crippen LogP contribution is 2.21. The van der Waals surface area contributed by atoms with Gasteiger partial charge in [-0.25, -0.2) is 4.98 Å². The number of pyridine rings is 1. The summed E-state index contributed by atoms with van der Waals surface area (Å²) < 4.78 is 2.04. The second-order valence-electron chi connectivity index (χ2n) is 6.33. The number of benzene rings is 1. The van der Waals surface area contributed by atoms with Crippen LogP contribution in [0, 0.1) is 6.92 Å². The number of aromatic nitrogens is 2. The van der Waals surface area contributed by atoms with E-state index in [1.54, 1.807) is 0 Å². The number of para-hydroxylation sites is 1. The summed E-state index contributed by atoms with van der Waals surface area (Å²) in [7, 11) is 0. The van der Waals surface area contributed by atoms with E-state index in [1.165, 1.54) is 5.56 Å². The number of aryl methyl sites for hydroxylation is 1. The maximum Gasteiger partial charge on any atom is 0.228 e. The number of hydrogen-bond acceptors (Lipinski definition) is 3. The molecule has 3 aromatic rings. The summed E-state index contributed by atoms with van der Waals surface area (Å²) in [6, 6.07) is 14.1. The Kier molecular flexibility index (Phi) is 3.78. The van der Waals surface area contributed by atoms with Crippen LogP contribution < -0.4 is 10.2 Å². The van der Waals surface area contributed by atoms with Crippen molar-refractivity contribution in [2.45, 2.75) is 25.9 Å². The van der Waals surface area contributed by atoms with Gasteiger partial charge in [-0.1, -0.05) is 24.3 Å². The molecule has 24 heavy (non-hydrogen) atoms. The van der Waals surface area contributed by atoms with Crippen molar-refractivity contribution in [1.82, 2.24) is 14.7 Å². The number of nitrogens with zero attached hydrogens (tertiary/aromatic N) is 3. The van der Waals surface area contributed by atoms with Gasteiger partial charge in [-0.15, -0.1) is 0 Å². The van der Waals surface area contributed by atoms with Crippen LogP contribution in [0.5, 0.6) is 0 Å². The summed E-state index contributed by atoms with van der Waals surface area (Å²) in [4.78, 5) is 18.7. The van der Waals surface area contributed by atoms with Gasteiger partial charge < -0.3 is 14.6 Å². The Morgan fingerprint density at radius 3 is 2.83 bits per heavy atom. The van der Waals surface area contributed by atoms with Crippen molar-refractivity contribution in [3.8, 4) is 0 Å². The second-order valence-corrected chi connectivity index (χ2v) is 6.33. The SMILES string of the molecule is Cc1ccc2nc(CN[C@H]3CC(=O)N(c4ccccc4)C3)cn2c1. The molecule has 0 spiro atoms. The van der Waals surface area contributed by atoms with Gasteiger partial charge in [0.15, 0.2) is 0 Å². The molecule has 0 aliphatic carbocycles. The predicted octanol–water partition coefficient (Wildman–Crippen LogP) is 2.54. The molecule has 1 fully saturated rings. The smallest absolute Gasteiger partial charge is 0.228 e. The largest absolute Gasteiger partial charge is 0.311 e. The van der Waals surface area contributed by atoms with Gasteiger partial charge in [0, 0.05) is 43.6 Å². The highest BCUT2D eigenvalue weighted by Gasteiger charge is 2.30. The monoisotopic (exact) mass is 320 g/mol. The zero-order valence-corrected chi connectivity index (χ0v) is 13.6.